The first-order valence-corrected chi connectivity index (χ1v) is 4.86. The van der Waals surface area contributed by atoms with E-state index in [0.29, 0.717) is 12.2 Å². The number of carbonyl (C=O) groups is 1. The van der Waals surface area contributed by atoms with Crippen molar-refractivity contribution < 1.29 is 24.5 Å². The van der Waals surface area contributed by atoms with E-state index in [1.165, 1.54) is 6.26 Å². The lowest BCUT2D eigenvalue weighted by molar-refractivity contribution is -0.142. The maximum atomic E-state index is 11.2. The zero-order valence-corrected chi connectivity index (χ0v) is 9.10. The van der Waals surface area contributed by atoms with Gasteiger partial charge in [-0.05, 0) is 13.3 Å². The van der Waals surface area contributed by atoms with Crippen LogP contribution in [0.15, 0.2) is 11.8 Å². The number of carbonyl (C=O) groups excluding carboxylic acids is 1. The number of ether oxygens (including phenoxy) is 2. The summed E-state index contributed by atoms with van der Waals surface area (Å²) in [5.74, 6) is -0.557. The highest BCUT2D eigenvalue weighted by atomic mass is 16.5. The zero-order valence-electron chi connectivity index (χ0n) is 9.10. The molecule has 5 heteroatoms. The Hall–Kier alpha value is -1.07. The SMILES string of the molecule is CCCOC=C(C)C(=O)OCC(O)CO. The molecule has 0 fully saturated rings. The Labute approximate surface area is 89.3 Å². The molecule has 0 bridgehead atoms. The minimum absolute atomic E-state index is 0.214. The summed E-state index contributed by atoms with van der Waals surface area (Å²) in [5, 5.41) is 17.4. The van der Waals surface area contributed by atoms with Crippen molar-refractivity contribution in [2.75, 3.05) is 19.8 Å². The van der Waals surface area contributed by atoms with Gasteiger partial charge in [0.2, 0.25) is 0 Å². The first kappa shape index (κ1) is 13.9. The fourth-order valence-corrected chi connectivity index (χ4v) is 0.688. The van der Waals surface area contributed by atoms with Gasteiger partial charge in [0.15, 0.2) is 0 Å². The van der Waals surface area contributed by atoms with Crippen LogP contribution in [-0.4, -0.2) is 42.1 Å². The summed E-state index contributed by atoms with van der Waals surface area (Å²) in [7, 11) is 0. The fourth-order valence-electron chi connectivity index (χ4n) is 0.688. The van der Waals surface area contributed by atoms with E-state index in [1.54, 1.807) is 6.92 Å². The monoisotopic (exact) mass is 218 g/mol. The smallest absolute Gasteiger partial charge is 0.336 e. The molecule has 5 nitrogen and oxygen atoms in total. The van der Waals surface area contributed by atoms with Crippen molar-refractivity contribution in [1.29, 1.82) is 0 Å². The van der Waals surface area contributed by atoms with Crippen LogP contribution < -0.4 is 0 Å². The highest BCUT2D eigenvalue weighted by Gasteiger charge is 2.09. The van der Waals surface area contributed by atoms with Crippen LogP contribution in [0, 0.1) is 0 Å². The fraction of sp³-hybridized carbons (Fsp3) is 0.700. The van der Waals surface area contributed by atoms with Gasteiger partial charge < -0.3 is 19.7 Å². The predicted molar refractivity (Wildman–Crippen MR) is 54.1 cm³/mol. The molecule has 88 valence electrons. The molecule has 15 heavy (non-hydrogen) atoms. The molecule has 0 saturated heterocycles. The summed E-state index contributed by atoms with van der Waals surface area (Å²) < 4.78 is 9.71. The number of aliphatic hydroxyl groups is 2. The molecule has 0 spiro atoms. The Morgan fingerprint density at radius 2 is 2.20 bits per heavy atom. The molecule has 1 atom stereocenters. The Morgan fingerprint density at radius 3 is 2.73 bits per heavy atom. The summed E-state index contributed by atoms with van der Waals surface area (Å²) >= 11 is 0. The molecule has 2 N–H and O–H groups in total. The Kier molecular flexibility index (Phi) is 7.67. The lowest BCUT2D eigenvalue weighted by atomic mass is 10.3. The van der Waals surface area contributed by atoms with Crippen molar-refractivity contribution >= 4 is 5.97 Å². The zero-order chi connectivity index (χ0) is 11.7. The van der Waals surface area contributed by atoms with E-state index in [9.17, 15) is 4.79 Å². The van der Waals surface area contributed by atoms with Gasteiger partial charge in [-0.1, -0.05) is 6.92 Å². The standard InChI is InChI=1S/C10H18O5/c1-3-4-14-6-8(2)10(13)15-7-9(12)5-11/h6,9,11-12H,3-5,7H2,1-2H3. The molecule has 0 aromatic heterocycles. The lowest BCUT2D eigenvalue weighted by Gasteiger charge is -2.08. The average Bonchev–Trinajstić information content (AvgIpc) is 2.25. The van der Waals surface area contributed by atoms with Crippen molar-refractivity contribution in [2.24, 2.45) is 0 Å². The average molecular weight is 218 g/mol. The van der Waals surface area contributed by atoms with Crippen LogP contribution in [-0.2, 0) is 14.3 Å². The van der Waals surface area contributed by atoms with Crippen LogP contribution in [0.1, 0.15) is 20.3 Å². The van der Waals surface area contributed by atoms with Crippen molar-refractivity contribution in [2.45, 2.75) is 26.4 Å². The second-order valence-corrected chi connectivity index (χ2v) is 3.11. The number of esters is 1. The maximum absolute atomic E-state index is 11.2. The van der Waals surface area contributed by atoms with Gasteiger partial charge in [-0.2, -0.15) is 0 Å². The normalized spacial score (nSPS) is 13.5. The molecule has 0 aromatic rings. The lowest BCUT2D eigenvalue weighted by Crippen LogP contribution is -2.22. The summed E-state index contributed by atoms with van der Waals surface area (Å²) in [6.07, 6.45) is 1.16. The Morgan fingerprint density at radius 1 is 1.53 bits per heavy atom. The van der Waals surface area contributed by atoms with Gasteiger partial charge in [0.25, 0.3) is 0 Å². The minimum Gasteiger partial charge on any atom is -0.501 e. The Bertz CT molecular complexity index is 212. The van der Waals surface area contributed by atoms with E-state index >= 15 is 0 Å². The number of rotatable bonds is 7. The molecular formula is C10H18O5. The molecule has 0 aliphatic rings. The third kappa shape index (κ3) is 6.93. The van der Waals surface area contributed by atoms with E-state index < -0.39 is 18.7 Å². The highest BCUT2D eigenvalue weighted by molar-refractivity contribution is 5.87. The number of aliphatic hydroxyl groups excluding tert-OH is 2. The summed E-state index contributed by atoms with van der Waals surface area (Å²) in [6, 6.07) is 0. The molecule has 0 aromatic carbocycles. The molecule has 0 amide bonds. The second kappa shape index (κ2) is 8.26. The van der Waals surface area contributed by atoms with Crippen LogP contribution in [0.3, 0.4) is 0 Å². The molecule has 0 rings (SSSR count). The van der Waals surface area contributed by atoms with Crippen molar-refractivity contribution in [3.8, 4) is 0 Å². The third-order valence-corrected chi connectivity index (χ3v) is 1.52. The van der Waals surface area contributed by atoms with E-state index in [2.05, 4.69) is 4.74 Å². The summed E-state index contributed by atoms with van der Waals surface area (Å²) in [5.41, 5.74) is 0.327. The molecule has 0 heterocycles. The first-order chi connectivity index (χ1) is 7.11. The van der Waals surface area contributed by atoms with Gasteiger partial charge in [-0.25, -0.2) is 4.79 Å². The highest BCUT2D eigenvalue weighted by Crippen LogP contribution is 1.98. The van der Waals surface area contributed by atoms with Gasteiger partial charge in [0.1, 0.15) is 12.7 Å². The number of hydrogen-bond acceptors (Lipinski definition) is 5. The van der Waals surface area contributed by atoms with Crippen LogP contribution in [0.2, 0.25) is 0 Å². The number of hydrogen-bond donors (Lipinski definition) is 2. The van der Waals surface area contributed by atoms with Gasteiger partial charge in [0.05, 0.1) is 25.0 Å². The predicted octanol–water partition coefficient (Wildman–Crippen LogP) is 0.213. The maximum Gasteiger partial charge on any atom is 0.336 e. The summed E-state index contributed by atoms with van der Waals surface area (Å²) in [4.78, 5) is 11.2. The van der Waals surface area contributed by atoms with E-state index in [0.717, 1.165) is 6.42 Å². The molecule has 0 aliphatic carbocycles. The molecule has 0 aliphatic heterocycles. The van der Waals surface area contributed by atoms with Crippen LogP contribution in [0.5, 0.6) is 0 Å². The van der Waals surface area contributed by atoms with Gasteiger partial charge >= 0.3 is 5.97 Å². The van der Waals surface area contributed by atoms with E-state index in [-0.39, 0.29) is 6.61 Å². The molecule has 0 saturated carbocycles. The van der Waals surface area contributed by atoms with Crippen molar-refractivity contribution in [3.05, 3.63) is 11.8 Å². The second-order valence-electron chi connectivity index (χ2n) is 3.11. The van der Waals surface area contributed by atoms with Crippen LogP contribution >= 0.6 is 0 Å². The van der Waals surface area contributed by atoms with Crippen molar-refractivity contribution in [1.82, 2.24) is 0 Å². The van der Waals surface area contributed by atoms with Crippen LogP contribution in [0.25, 0.3) is 0 Å². The Balaban J connectivity index is 3.83. The largest absolute Gasteiger partial charge is 0.501 e. The topological polar surface area (TPSA) is 76.0 Å². The quantitative estimate of drug-likeness (QED) is 0.276. The van der Waals surface area contributed by atoms with E-state index in [4.69, 9.17) is 14.9 Å². The minimum atomic E-state index is -1.03. The first-order valence-electron chi connectivity index (χ1n) is 4.86. The van der Waals surface area contributed by atoms with E-state index in [1.807, 2.05) is 6.92 Å². The molecular weight excluding hydrogens is 200 g/mol. The van der Waals surface area contributed by atoms with Gasteiger partial charge in [-0.15, -0.1) is 0 Å². The van der Waals surface area contributed by atoms with Crippen LogP contribution in [0.4, 0.5) is 0 Å². The van der Waals surface area contributed by atoms with Gasteiger partial charge in [-0.3, -0.25) is 0 Å². The molecule has 0 radical (unpaired) electrons. The van der Waals surface area contributed by atoms with Crippen molar-refractivity contribution in [3.63, 3.8) is 0 Å². The summed E-state index contributed by atoms with van der Waals surface area (Å²) in [6.45, 7) is 3.42. The molecule has 1 unspecified atom stereocenters. The third-order valence-electron chi connectivity index (χ3n) is 1.52. The van der Waals surface area contributed by atoms with Gasteiger partial charge in [0, 0.05) is 0 Å².